The van der Waals surface area contributed by atoms with Gasteiger partial charge in [0.2, 0.25) is 10.0 Å². The highest BCUT2D eigenvalue weighted by molar-refractivity contribution is 7.89. The van der Waals surface area contributed by atoms with Crippen molar-refractivity contribution < 1.29 is 17.9 Å². The van der Waals surface area contributed by atoms with Crippen LogP contribution in [0.3, 0.4) is 0 Å². The van der Waals surface area contributed by atoms with E-state index in [9.17, 15) is 13.2 Å². The lowest BCUT2D eigenvalue weighted by Crippen LogP contribution is -2.40. The van der Waals surface area contributed by atoms with Crippen molar-refractivity contribution in [3.05, 3.63) is 72.4 Å². The minimum atomic E-state index is -3.82. The van der Waals surface area contributed by atoms with Crippen molar-refractivity contribution in [2.75, 3.05) is 0 Å². The van der Waals surface area contributed by atoms with Crippen LogP contribution in [0.2, 0.25) is 0 Å². The maximum Gasteiger partial charge on any atom is 0.329 e. The van der Waals surface area contributed by atoms with Gasteiger partial charge < -0.3 is 9.30 Å². The van der Waals surface area contributed by atoms with Crippen molar-refractivity contribution in [2.45, 2.75) is 24.8 Å². The number of nitrogens with one attached hydrogen (secondary N) is 1. The summed E-state index contributed by atoms with van der Waals surface area (Å²) < 4.78 is 34.4. The zero-order valence-electron chi connectivity index (χ0n) is 15.9. The number of rotatable bonds is 6. The molecule has 0 bridgehead atoms. The second-order valence-corrected chi connectivity index (χ2v) is 8.33. The Labute approximate surface area is 164 Å². The molecule has 146 valence electrons. The van der Waals surface area contributed by atoms with Gasteiger partial charge in [0.1, 0.15) is 11.8 Å². The molecule has 28 heavy (non-hydrogen) atoms. The molecule has 0 spiro atoms. The molecular formula is C21H22N2O4S. The van der Waals surface area contributed by atoms with Crippen LogP contribution in [0.15, 0.2) is 71.8 Å². The van der Waals surface area contributed by atoms with E-state index in [1.165, 1.54) is 19.1 Å². The van der Waals surface area contributed by atoms with Gasteiger partial charge in [-0.15, -0.1) is 0 Å². The second kappa shape index (κ2) is 8.00. The number of aromatic nitrogens is 1. The van der Waals surface area contributed by atoms with Crippen LogP contribution in [-0.4, -0.2) is 25.0 Å². The fourth-order valence-corrected chi connectivity index (χ4v) is 3.95. The molecule has 0 radical (unpaired) electrons. The van der Waals surface area contributed by atoms with E-state index in [0.29, 0.717) is 5.75 Å². The van der Waals surface area contributed by atoms with Crippen molar-refractivity contribution >= 4 is 16.0 Å². The van der Waals surface area contributed by atoms with E-state index in [4.69, 9.17) is 4.74 Å². The molecule has 0 aliphatic carbocycles. The number of carbonyl (C=O) groups is 1. The molecule has 0 unspecified atom stereocenters. The molecule has 1 aromatic heterocycles. The Balaban J connectivity index is 1.70. The molecule has 0 saturated heterocycles. The Morgan fingerprint density at radius 3 is 2.36 bits per heavy atom. The number of esters is 1. The zero-order chi connectivity index (χ0) is 20.3. The lowest BCUT2D eigenvalue weighted by Gasteiger charge is -2.13. The largest absolute Gasteiger partial charge is 0.424 e. The maximum absolute atomic E-state index is 12.4. The molecule has 3 rings (SSSR count). The number of benzene rings is 2. The first kappa shape index (κ1) is 19.9. The van der Waals surface area contributed by atoms with E-state index >= 15 is 0 Å². The summed E-state index contributed by atoms with van der Waals surface area (Å²) in [5.41, 5.74) is 2.82. The smallest absolute Gasteiger partial charge is 0.329 e. The van der Waals surface area contributed by atoms with Crippen LogP contribution in [0.1, 0.15) is 12.5 Å². The fraction of sp³-hybridized carbons (Fsp3) is 0.190. The van der Waals surface area contributed by atoms with Gasteiger partial charge in [-0.2, -0.15) is 4.72 Å². The predicted molar refractivity (Wildman–Crippen MR) is 107 cm³/mol. The third-order valence-electron chi connectivity index (χ3n) is 4.28. The number of nitrogens with zero attached hydrogens (tertiary/aromatic N) is 1. The standard InChI is InChI=1S/C21H22N2O4S/c1-15-9-11-19(12-10-15)28(25,26)22-16(2)21(24)27-18-13-20(23(3)14-18)17-7-5-4-6-8-17/h4-14,16,22H,1-3H3/t16-/m0/s1. The van der Waals surface area contributed by atoms with Gasteiger partial charge in [0, 0.05) is 19.3 Å². The van der Waals surface area contributed by atoms with E-state index in [1.807, 2.05) is 48.9 Å². The van der Waals surface area contributed by atoms with Crippen molar-refractivity contribution in [1.29, 1.82) is 0 Å². The van der Waals surface area contributed by atoms with Gasteiger partial charge in [0.25, 0.3) is 0 Å². The van der Waals surface area contributed by atoms with Gasteiger partial charge in [-0.25, -0.2) is 13.2 Å². The Hall–Kier alpha value is -2.90. The van der Waals surface area contributed by atoms with Crippen LogP contribution >= 0.6 is 0 Å². The average molecular weight is 398 g/mol. The summed E-state index contributed by atoms with van der Waals surface area (Å²) in [5.74, 6) is -0.325. The van der Waals surface area contributed by atoms with E-state index in [-0.39, 0.29) is 4.90 Å². The van der Waals surface area contributed by atoms with Crippen molar-refractivity contribution in [3.8, 4) is 17.0 Å². The number of hydrogen-bond donors (Lipinski definition) is 1. The number of sulfonamides is 1. The van der Waals surface area contributed by atoms with Crippen molar-refractivity contribution in [1.82, 2.24) is 9.29 Å². The molecule has 1 atom stereocenters. The summed E-state index contributed by atoms with van der Waals surface area (Å²) >= 11 is 0. The number of ether oxygens (including phenoxy) is 1. The third kappa shape index (κ3) is 4.49. The van der Waals surface area contributed by atoms with Gasteiger partial charge in [-0.3, -0.25) is 0 Å². The van der Waals surface area contributed by atoms with Crippen LogP contribution in [-0.2, 0) is 21.9 Å². The van der Waals surface area contributed by atoms with Crippen LogP contribution in [0.4, 0.5) is 0 Å². The van der Waals surface area contributed by atoms with Crippen molar-refractivity contribution in [3.63, 3.8) is 0 Å². The number of aryl methyl sites for hydroxylation is 2. The molecule has 0 saturated carbocycles. The topological polar surface area (TPSA) is 77.4 Å². The van der Waals surface area contributed by atoms with Crippen LogP contribution in [0.5, 0.6) is 5.75 Å². The van der Waals surface area contributed by atoms with Gasteiger partial charge in [0.15, 0.2) is 0 Å². The van der Waals surface area contributed by atoms with Crippen LogP contribution in [0.25, 0.3) is 11.3 Å². The molecule has 1 heterocycles. The molecular weight excluding hydrogens is 376 g/mol. The number of hydrogen-bond acceptors (Lipinski definition) is 4. The maximum atomic E-state index is 12.4. The van der Waals surface area contributed by atoms with E-state index in [0.717, 1.165) is 16.8 Å². The van der Waals surface area contributed by atoms with Crippen LogP contribution < -0.4 is 9.46 Å². The molecule has 0 aliphatic heterocycles. The normalized spacial score (nSPS) is 12.5. The van der Waals surface area contributed by atoms with Gasteiger partial charge in [-0.05, 0) is 31.5 Å². The lowest BCUT2D eigenvalue weighted by atomic mass is 10.1. The van der Waals surface area contributed by atoms with E-state index in [2.05, 4.69) is 4.72 Å². The minimum Gasteiger partial charge on any atom is -0.424 e. The summed E-state index contributed by atoms with van der Waals surface area (Å²) in [6.07, 6.45) is 1.68. The predicted octanol–water partition coefficient (Wildman–Crippen LogP) is 3.27. The van der Waals surface area contributed by atoms with E-state index in [1.54, 1.807) is 24.4 Å². The molecule has 0 amide bonds. The summed E-state index contributed by atoms with van der Waals surface area (Å²) in [4.78, 5) is 12.5. The lowest BCUT2D eigenvalue weighted by molar-refractivity contribution is -0.135. The Morgan fingerprint density at radius 1 is 1.07 bits per heavy atom. The summed E-state index contributed by atoms with van der Waals surface area (Å²) in [7, 11) is -1.97. The highest BCUT2D eigenvalue weighted by atomic mass is 32.2. The molecule has 0 fully saturated rings. The van der Waals surface area contributed by atoms with E-state index < -0.39 is 22.0 Å². The molecule has 1 N–H and O–H groups in total. The van der Waals surface area contributed by atoms with Crippen LogP contribution in [0, 0.1) is 6.92 Å². The van der Waals surface area contributed by atoms with Gasteiger partial charge >= 0.3 is 5.97 Å². The quantitative estimate of drug-likeness (QED) is 0.647. The minimum absolute atomic E-state index is 0.101. The number of carbonyl (C=O) groups excluding carboxylic acids is 1. The molecule has 7 heteroatoms. The summed E-state index contributed by atoms with van der Waals surface area (Å²) in [6.45, 7) is 3.32. The first-order valence-corrected chi connectivity index (χ1v) is 10.3. The van der Waals surface area contributed by atoms with Crippen molar-refractivity contribution in [2.24, 2.45) is 7.05 Å². The Morgan fingerprint density at radius 2 is 1.71 bits per heavy atom. The average Bonchev–Trinajstić information content (AvgIpc) is 3.02. The molecule has 3 aromatic rings. The first-order valence-electron chi connectivity index (χ1n) is 8.79. The highest BCUT2D eigenvalue weighted by Crippen LogP contribution is 2.25. The Bertz CT molecular complexity index is 1070. The molecule has 0 aliphatic rings. The highest BCUT2D eigenvalue weighted by Gasteiger charge is 2.24. The Kier molecular flexibility index (Phi) is 5.67. The fourth-order valence-electron chi connectivity index (χ4n) is 2.76. The second-order valence-electron chi connectivity index (χ2n) is 6.62. The zero-order valence-corrected chi connectivity index (χ0v) is 16.7. The summed E-state index contributed by atoms with van der Waals surface area (Å²) in [5, 5.41) is 0. The van der Waals surface area contributed by atoms with Gasteiger partial charge in [0.05, 0.1) is 10.6 Å². The third-order valence-corrected chi connectivity index (χ3v) is 5.84. The monoisotopic (exact) mass is 398 g/mol. The van der Waals surface area contributed by atoms with Gasteiger partial charge in [-0.1, -0.05) is 48.0 Å². The SMILES string of the molecule is Cc1ccc(S(=O)(=O)N[C@@H](C)C(=O)Oc2cc(-c3ccccc3)n(C)c2)cc1. The molecule has 6 nitrogen and oxygen atoms in total. The molecule has 2 aromatic carbocycles. The summed E-state index contributed by atoms with van der Waals surface area (Å²) in [6, 6.07) is 16.8. The first-order chi connectivity index (χ1) is 13.3.